The molecule has 4 aliphatic rings. The Balaban J connectivity index is 1.36. The lowest BCUT2D eigenvalue weighted by atomic mass is 9.48. The lowest BCUT2D eigenvalue weighted by Crippen LogP contribution is -2.49. The van der Waals surface area contributed by atoms with E-state index < -0.39 is 0 Å². The van der Waals surface area contributed by atoms with Crippen LogP contribution in [0.15, 0.2) is 15.5 Å². The monoisotopic (exact) mass is 425 g/mol. The number of nitrogens with zero attached hydrogens (tertiary/aromatic N) is 2. The third kappa shape index (κ3) is 3.72. The quantitative estimate of drug-likeness (QED) is 0.729. The molecule has 1 atom stereocenters. The Morgan fingerprint density at radius 1 is 1.19 bits per heavy atom. The molecular formula is C25H35N3O3. The average molecular weight is 426 g/mol. The highest BCUT2D eigenvalue weighted by Gasteiger charge is 2.51. The van der Waals surface area contributed by atoms with Crippen molar-refractivity contribution in [2.45, 2.75) is 85.2 Å². The molecule has 6 heteroatoms. The molecule has 2 aromatic rings. The summed E-state index contributed by atoms with van der Waals surface area (Å²) < 4.78 is 7.27. The van der Waals surface area contributed by atoms with Gasteiger partial charge >= 0.3 is 0 Å². The van der Waals surface area contributed by atoms with Crippen LogP contribution in [0.2, 0.25) is 0 Å². The summed E-state index contributed by atoms with van der Waals surface area (Å²) in [6.45, 7) is 8.53. The van der Waals surface area contributed by atoms with Gasteiger partial charge in [-0.3, -0.25) is 14.2 Å². The standard InChI is InChI=1S/C25H35N3O3/c1-14(2)12-28-13-26-23-21(24(28)30)20(16(4)31-23)22(29)27-15(3)8-25-9-17-5-18(10-25)7-19(6-17)11-25/h13-15,17-19H,5-12H2,1-4H3,(H,27,29)/t15-,17?,18?,19?,25?/m0/s1. The Bertz CT molecular complexity index is 1030. The van der Waals surface area contributed by atoms with Gasteiger partial charge in [0.2, 0.25) is 5.71 Å². The maximum atomic E-state index is 13.3. The minimum Gasteiger partial charge on any atom is -0.442 e. The molecule has 168 valence electrons. The van der Waals surface area contributed by atoms with Crippen molar-refractivity contribution in [1.29, 1.82) is 0 Å². The number of rotatable bonds is 6. The van der Waals surface area contributed by atoms with Gasteiger partial charge in [-0.1, -0.05) is 13.8 Å². The lowest BCUT2D eigenvalue weighted by molar-refractivity contribution is -0.0607. The smallest absolute Gasteiger partial charge is 0.265 e. The zero-order valence-electron chi connectivity index (χ0n) is 19.2. The number of amides is 1. The van der Waals surface area contributed by atoms with Crippen molar-refractivity contribution in [3.05, 3.63) is 28.0 Å². The Labute approximate surface area is 183 Å². The minimum absolute atomic E-state index is 0.0719. The van der Waals surface area contributed by atoms with Crippen molar-refractivity contribution in [2.75, 3.05) is 0 Å². The molecule has 6 nitrogen and oxygen atoms in total. The molecule has 4 aliphatic carbocycles. The fourth-order valence-corrected chi connectivity index (χ4v) is 7.47. The molecule has 0 aromatic carbocycles. The van der Waals surface area contributed by atoms with Gasteiger partial charge in [0.15, 0.2) is 0 Å². The Kier molecular flexibility index (Phi) is 5.02. The number of hydrogen-bond donors (Lipinski definition) is 1. The minimum atomic E-state index is -0.213. The van der Waals surface area contributed by atoms with Gasteiger partial charge in [0.05, 0.1) is 5.56 Å². The zero-order chi connectivity index (χ0) is 21.9. The molecule has 4 fully saturated rings. The SMILES string of the molecule is Cc1oc2ncn(CC(C)C)c(=O)c2c1C(=O)N[C@@H](C)CC12CC3CC(CC(C3)C1)C2. The Morgan fingerprint density at radius 3 is 2.39 bits per heavy atom. The molecule has 1 N–H and O–H groups in total. The molecule has 6 rings (SSSR count). The Morgan fingerprint density at radius 2 is 1.81 bits per heavy atom. The van der Waals surface area contributed by atoms with Crippen LogP contribution in [-0.2, 0) is 6.54 Å². The van der Waals surface area contributed by atoms with Crippen molar-refractivity contribution in [3.63, 3.8) is 0 Å². The molecule has 0 saturated heterocycles. The molecule has 31 heavy (non-hydrogen) atoms. The van der Waals surface area contributed by atoms with E-state index in [2.05, 4.69) is 31.1 Å². The Hall–Kier alpha value is -2.11. The van der Waals surface area contributed by atoms with Crippen molar-refractivity contribution in [1.82, 2.24) is 14.9 Å². The fourth-order valence-electron chi connectivity index (χ4n) is 7.47. The number of hydrogen-bond acceptors (Lipinski definition) is 4. The highest BCUT2D eigenvalue weighted by atomic mass is 16.3. The van der Waals surface area contributed by atoms with E-state index in [1.807, 2.05) is 0 Å². The van der Waals surface area contributed by atoms with Crippen molar-refractivity contribution in [3.8, 4) is 0 Å². The summed E-state index contributed by atoms with van der Waals surface area (Å²) >= 11 is 0. The first-order chi connectivity index (χ1) is 14.7. The second kappa shape index (κ2) is 7.49. The summed E-state index contributed by atoms with van der Waals surface area (Å²) in [6, 6.07) is 0.0719. The lowest BCUT2D eigenvalue weighted by Gasteiger charge is -2.57. The largest absolute Gasteiger partial charge is 0.442 e. The molecule has 0 radical (unpaired) electrons. The van der Waals surface area contributed by atoms with Gasteiger partial charge in [-0.25, -0.2) is 4.98 Å². The second-order valence-corrected chi connectivity index (χ2v) is 11.3. The molecule has 2 heterocycles. The van der Waals surface area contributed by atoms with Crippen LogP contribution < -0.4 is 10.9 Å². The van der Waals surface area contributed by atoms with Crippen LogP contribution in [0.1, 0.15) is 81.8 Å². The van der Waals surface area contributed by atoms with Crippen LogP contribution in [0.3, 0.4) is 0 Å². The van der Waals surface area contributed by atoms with E-state index in [0.717, 1.165) is 24.2 Å². The summed E-state index contributed by atoms with van der Waals surface area (Å²) in [6.07, 6.45) is 10.8. The van der Waals surface area contributed by atoms with Gasteiger partial charge in [-0.05, 0) is 87.9 Å². The average Bonchev–Trinajstić information content (AvgIpc) is 2.99. The van der Waals surface area contributed by atoms with Gasteiger partial charge in [-0.15, -0.1) is 0 Å². The van der Waals surface area contributed by atoms with E-state index in [0.29, 0.717) is 34.6 Å². The summed E-state index contributed by atoms with van der Waals surface area (Å²) in [4.78, 5) is 30.6. The molecule has 0 spiro atoms. The highest BCUT2D eigenvalue weighted by molar-refractivity contribution is 6.06. The van der Waals surface area contributed by atoms with Gasteiger partial charge in [0.25, 0.3) is 11.5 Å². The van der Waals surface area contributed by atoms with Crippen LogP contribution in [0.5, 0.6) is 0 Å². The summed E-state index contributed by atoms with van der Waals surface area (Å²) in [5.41, 5.74) is 0.805. The van der Waals surface area contributed by atoms with Crippen LogP contribution in [0.4, 0.5) is 0 Å². The van der Waals surface area contributed by atoms with E-state index in [1.165, 1.54) is 44.9 Å². The van der Waals surface area contributed by atoms with Gasteiger partial charge in [-0.2, -0.15) is 0 Å². The van der Waals surface area contributed by atoms with Crippen molar-refractivity contribution >= 4 is 17.0 Å². The fraction of sp³-hybridized carbons (Fsp3) is 0.720. The summed E-state index contributed by atoms with van der Waals surface area (Å²) in [5.74, 6) is 3.26. The molecule has 4 saturated carbocycles. The van der Waals surface area contributed by atoms with E-state index >= 15 is 0 Å². The number of carbonyl (C=O) groups excluding carboxylic acids is 1. The predicted octanol–water partition coefficient (Wildman–Crippen LogP) is 4.68. The summed E-state index contributed by atoms with van der Waals surface area (Å²) in [5, 5.41) is 3.51. The molecular weight excluding hydrogens is 390 g/mol. The first kappa shape index (κ1) is 20.8. The third-order valence-corrected chi connectivity index (χ3v) is 7.93. The molecule has 1 amide bonds. The van der Waals surface area contributed by atoms with Crippen LogP contribution in [0, 0.1) is 36.0 Å². The number of aromatic nitrogens is 2. The number of aryl methyl sites for hydroxylation is 1. The zero-order valence-corrected chi connectivity index (χ0v) is 19.2. The second-order valence-electron chi connectivity index (χ2n) is 11.3. The maximum absolute atomic E-state index is 13.3. The topological polar surface area (TPSA) is 77.1 Å². The predicted molar refractivity (Wildman–Crippen MR) is 120 cm³/mol. The van der Waals surface area contributed by atoms with Crippen molar-refractivity contribution < 1.29 is 9.21 Å². The number of fused-ring (bicyclic) bond motifs is 1. The van der Waals surface area contributed by atoms with Crippen LogP contribution in [0.25, 0.3) is 11.1 Å². The van der Waals surface area contributed by atoms with Gasteiger partial charge in [0.1, 0.15) is 17.5 Å². The van der Waals surface area contributed by atoms with Crippen LogP contribution in [-0.4, -0.2) is 21.5 Å². The van der Waals surface area contributed by atoms with Gasteiger partial charge < -0.3 is 9.73 Å². The number of carbonyl (C=O) groups is 1. The number of nitrogens with one attached hydrogen (secondary N) is 1. The molecule has 4 bridgehead atoms. The first-order valence-electron chi connectivity index (χ1n) is 12.0. The van der Waals surface area contributed by atoms with E-state index in [1.54, 1.807) is 11.5 Å². The molecule has 2 aromatic heterocycles. The van der Waals surface area contributed by atoms with E-state index in [-0.39, 0.29) is 23.2 Å². The first-order valence-corrected chi connectivity index (χ1v) is 12.0. The molecule has 0 aliphatic heterocycles. The summed E-state index contributed by atoms with van der Waals surface area (Å²) in [7, 11) is 0. The highest BCUT2D eigenvalue weighted by Crippen LogP contribution is 2.61. The molecule has 0 unspecified atom stereocenters. The van der Waals surface area contributed by atoms with Crippen molar-refractivity contribution in [2.24, 2.45) is 29.1 Å². The normalized spacial score (nSPS) is 30.3. The maximum Gasteiger partial charge on any atom is 0.265 e. The van der Waals surface area contributed by atoms with Gasteiger partial charge in [0, 0.05) is 12.6 Å². The van der Waals surface area contributed by atoms with E-state index in [9.17, 15) is 9.59 Å². The van der Waals surface area contributed by atoms with Crippen LogP contribution >= 0.6 is 0 Å². The third-order valence-electron chi connectivity index (χ3n) is 7.93. The number of furan rings is 1. The van der Waals surface area contributed by atoms with E-state index in [4.69, 9.17) is 4.42 Å².